The second-order valence-electron chi connectivity index (χ2n) is 13.9. The van der Waals surface area contributed by atoms with Gasteiger partial charge in [0.15, 0.2) is 6.61 Å². The Morgan fingerprint density at radius 1 is 0.921 bits per heavy atom. The van der Waals surface area contributed by atoms with E-state index in [0.29, 0.717) is 38.6 Å². The molecule has 0 bridgehead atoms. The van der Waals surface area contributed by atoms with Gasteiger partial charge in [-0.05, 0) is 63.2 Å². The molecule has 0 radical (unpaired) electrons. The summed E-state index contributed by atoms with van der Waals surface area (Å²) in [5, 5.41) is 25.9. The van der Waals surface area contributed by atoms with Crippen molar-refractivity contribution in [2.24, 2.45) is 0 Å². The molecule has 63 heavy (non-hydrogen) atoms. The first kappa shape index (κ1) is 49.1. The van der Waals surface area contributed by atoms with E-state index < -0.39 is 50.8 Å². The van der Waals surface area contributed by atoms with Gasteiger partial charge in [-0.15, -0.1) is 5.10 Å². The van der Waals surface area contributed by atoms with E-state index in [9.17, 15) is 27.6 Å². The second-order valence-corrected chi connectivity index (χ2v) is 16.8. The van der Waals surface area contributed by atoms with Crippen molar-refractivity contribution in [3.8, 4) is 23.2 Å². The number of methoxy groups -OCH3 is 1. The smallest absolute Gasteiger partial charge is 0.442 e. The number of aromatic nitrogens is 6. The molecule has 0 aliphatic carbocycles. The molecule has 0 fully saturated rings. The second kappa shape index (κ2) is 21.0. The van der Waals surface area contributed by atoms with Crippen LogP contribution in [-0.2, 0) is 20.2 Å². The van der Waals surface area contributed by atoms with Crippen molar-refractivity contribution in [3.05, 3.63) is 110 Å². The number of nitrogens with one attached hydrogen (secondary N) is 2. The van der Waals surface area contributed by atoms with Gasteiger partial charge in [0, 0.05) is 23.1 Å². The molecule has 0 saturated heterocycles. The van der Waals surface area contributed by atoms with Crippen LogP contribution in [0.1, 0.15) is 56.7 Å². The van der Waals surface area contributed by atoms with Gasteiger partial charge in [-0.2, -0.15) is 19.6 Å². The van der Waals surface area contributed by atoms with E-state index >= 15 is 0 Å². The Hall–Kier alpha value is -6.55. The maximum absolute atomic E-state index is 12.2. The molecule has 0 saturated carbocycles. The standard InChI is InChI=1S/C15H18Cl2N2O3.C13H13N5O6S.C11H8ClNO3/c1-8(2)21-12-7-11(9(16)6-10(12)17)19-14(20)22-13(18-19)15(3,4)5;1-7-14-11(17-13(15-7)24-2)16-12(21)18-25(22,23)9-6-4-3-5-8(9)10(19)20;12-8-3-4-9(16-6-10(14)15)11-7(8)2-1-5-13-11/h6-8H,1-5H3;3-6H,1-2H3,(H,19,20)(H2,14,15,16,17,18,21);1-5H,6H2,(H,14,15). The van der Waals surface area contributed by atoms with Gasteiger partial charge in [-0.1, -0.05) is 67.7 Å². The summed E-state index contributed by atoms with van der Waals surface area (Å²) in [4.78, 5) is 60.4. The number of fused-ring (bicyclic) bond motifs is 1. The maximum Gasteiger partial charge on any atom is 0.442 e. The van der Waals surface area contributed by atoms with Gasteiger partial charge in [0.25, 0.3) is 10.0 Å². The number of carbonyl (C=O) groups excluding carboxylic acids is 1. The Morgan fingerprint density at radius 3 is 2.24 bits per heavy atom. The third-order valence-electron chi connectivity index (χ3n) is 7.58. The summed E-state index contributed by atoms with van der Waals surface area (Å²) in [6.07, 6.45) is 1.54. The number of sulfonamides is 1. The molecule has 0 atom stereocenters. The lowest BCUT2D eigenvalue weighted by molar-refractivity contribution is -0.139. The van der Waals surface area contributed by atoms with Crippen molar-refractivity contribution < 1.29 is 51.6 Å². The third-order valence-corrected chi connectivity index (χ3v) is 9.90. The van der Waals surface area contributed by atoms with Gasteiger partial charge in [-0.3, -0.25) is 10.3 Å². The van der Waals surface area contributed by atoms with E-state index in [-0.39, 0.29) is 34.3 Å². The Balaban J connectivity index is 0.000000212. The summed E-state index contributed by atoms with van der Waals surface area (Å²) < 4.78 is 48.0. The summed E-state index contributed by atoms with van der Waals surface area (Å²) in [6, 6.07) is 13.6. The summed E-state index contributed by atoms with van der Waals surface area (Å²) in [6.45, 7) is 10.6. The number of urea groups is 1. The van der Waals surface area contributed by atoms with E-state index in [1.165, 1.54) is 32.2 Å². The molecule has 0 unspecified atom stereocenters. The van der Waals surface area contributed by atoms with Crippen LogP contribution in [0.4, 0.5) is 10.7 Å². The van der Waals surface area contributed by atoms with Crippen molar-refractivity contribution in [2.45, 2.75) is 58.0 Å². The number of halogens is 3. The molecule has 20 nitrogen and oxygen atoms in total. The summed E-state index contributed by atoms with van der Waals surface area (Å²) >= 11 is 18.3. The summed E-state index contributed by atoms with van der Waals surface area (Å²) in [5.41, 5.74) is 0.0725. The number of rotatable bonds is 11. The SMILES string of the molecule is CC(C)Oc1cc(-n2nc(C(C)(C)C)oc2=O)c(Cl)cc1Cl.COc1nc(C)nc(NC(=O)NS(=O)(=O)c2ccccc2C(=O)O)n1.O=C(O)COc1ccc(Cl)c2cccnc12. The molecule has 6 aromatic rings. The largest absolute Gasteiger partial charge is 0.489 e. The van der Waals surface area contributed by atoms with Crippen LogP contribution >= 0.6 is 34.8 Å². The number of aromatic carboxylic acids is 1. The Labute approximate surface area is 374 Å². The monoisotopic (exact) mass is 948 g/mol. The van der Waals surface area contributed by atoms with Crippen molar-refractivity contribution in [3.63, 3.8) is 0 Å². The van der Waals surface area contributed by atoms with E-state index in [4.69, 9.17) is 63.6 Å². The fourth-order valence-electron chi connectivity index (χ4n) is 4.91. The highest BCUT2D eigenvalue weighted by atomic mass is 35.5. The topological polar surface area (TPSA) is 277 Å². The van der Waals surface area contributed by atoms with Crippen LogP contribution in [-0.4, -0.2) is 86.1 Å². The zero-order valence-corrected chi connectivity index (χ0v) is 37.4. The van der Waals surface area contributed by atoms with Crippen molar-refractivity contribution in [1.82, 2.24) is 34.4 Å². The van der Waals surface area contributed by atoms with Crippen LogP contribution in [0.5, 0.6) is 17.5 Å². The Bertz CT molecular complexity index is 2810. The lowest BCUT2D eigenvalue weighted by Crippen LogP contribution is -2.35. The van der Waals surface area contributed by atoms with Crippen molar-refractivity contribution in [1.29, 1.82) is 0 Å². The number of aryl methyl sites for hydroxylation is 1. The van der Waals surface area contributed by atoms with E-state index in [1.807, 2.05) is 34.6 Å². The fourth-order valence-corrected chi connectivity index (χ4v) is 6.74. The minimum Gasteiger partial charge on any atom is -0.489 e. The van der Waals surface area contributed by atoms with Crippen LogP contribution in [0.15, 0.2) is 81.0 Å². The average Bonchev–Trinajstić information content (AvgIpc) is 3.60. The fraction of sp³-hybridized carbons (Fsp3) is 0.256. The lowest BCUT2D eigenvalue weighted by atomic mass is 9.97. The van der Waals surface area contributed by atoms with Crippen LogP contribution in [0.25, 0.3) is 16.6 Å². The Morgan fingerprint density at radius 2 is 1.62 bits per heavy atom. The van der Waals surface area contributed by atoms with Gasteiger partial charge in [-0.25, -0.2) is 32.3 Å². The van der Waals surface area contributed by atoms with Gasteiger partial charge in [0.1, 0.15) is 27.7 Å². The van der Waals surface area contributed by atoms with Crippen LogP contribution in [0.2, 0.25) is 15.1 Å². The van der Waals surface area contributed by atoms with Crippen molar-refractivity contribution in [2.75, 3.05) is 19.0 Å². The molecule has 3 heterocycles. The first-order valence-electron chi connectivity index (χ1n) is 18.1. The number of benzene rings is 3. The quantitative estimate of drug-likeness (QED) is 0.102. The van der Waals surface area contributed by atoms with Gasteiger partial charge in [0.2, 0.25) is 11.8 Å². The normalized spacial score (nSPS) is 11.1. The number of amides is 2. The number of carbonyl (C=O) groups is 3. The van der Waals surface area contributed by atoms with Crippen LogP contribution < -0.4 is 30.0 Å². The molecule has 3 aromatic heterocycles. The van der Waals surface area contributed by atoms with E-state index in [2.05, 4.69) is 30.4 Å². The first-order chi connectivity index (χ1) is 29.5. The third kappa shape index (κ3) is 13.5. The molecule has 0 aliphatic rings. The highest BCUT2D eigenvalue weighted by Crippen LogP contribution is 2.34. The molecule has 0 aliphatic heterocycles. The zero-order chi connectivity index (χ0) is 46.8. The van der Waals surface area contributed by atoms with E-state index in [0.717, 1.165) is 22.2 Å². The summed E-state index contributed by atoms with van der Waals surface area (Å²) in [7, 11) is -3.11. The highest BCUT2D eigenvalue weighted by molar-refractivity contribution is 7.90. The molecule has 6 rings (SSSR count). The zero-order valence-electron chi connectivity index (χ0n) is 34.3. The minimum atomic E-state index is -4.43. The summed E-state index contributed by atoms with van der Waals surface area (Å²) in [5.74, 6) is -1.90. The Kier molecular flexibility index (Phi) is 16.4. The number of aliphatic carboxylic acids is 1. The molecule has 4 N–H and O–H groups in total. The van der Waals surface area contributed by atoms with Gasteiger partial charge in [0.05, 0.1) is 39.5 Å². The molecule has 2 amide bonds. The number of hydrogen-bond donors (Lipinski definition) is 4. The molecular formula is C39H39Cl3N8O12S. The number of ether oxygens (including phenoxy) is 3. The number of nitrogens with zero attached hydrogens (tertiary/aromatic N) is 6. The lowest BCUT2D eigenvalue weighted by Gasteiger charge is -2.13. The van der Waals surface area contributed by atoms with E-state index in [1.54, 1.807) is 41.3 Å². The van der Waals surface area contributed by atoms with Crippen LogP contribution in [0, 0.1) is 6.92 Å². The molecule has 334 valence electrons. The number of hydrogen-bond acceptors (Lipinski definition) is 15. The number of carboxylic acids is 2. The predicted molar refractivity (Wildman–Crippen MR) is 230 cm³/mol. The van der Waals surface area contributed by atoms with Crippen molar-refractivity contribution >= 4 is 79.6 Å². The van der Waals surface area contributed by atoms with Gasteiger partial charge >= 0.3 is 29.7 Å². The number of carboxylic acid groups (broad SMARTS) is 2. The predicted octanol–water partition coefficient (Wildman–Crippen LogP) is 6.97. The average molecular weight is 950 g/mol. The molecular weight excluding hydrogens is 911 g/mol. The van der Waals surface area contributed by atoms with Crippen LogP contribution in [0.3, 0.4) is 0 Å². The maximum atomic E-state index is 12.2. The van der Waals surface area contributed by atoms with Gasteiger partial charge < -0.3 is 28.8 Å². The number of anilines is 1. The minimum absolute atomic E-state index is 0.0642. The highest BCUT2D eigenvalue weighted by Gasteiger charge is 2.26. The molecule has 0 spiro atoms. The first-order valence-corrected chi connectivity index (χ1v) is 20.7. The number of pyridine rings is 1. The molecule has 24 heteroatoms. The molecule has 3 aromatic carbocycles.